The first-order chi connectivity index (χ1) is 8.60. The Balaban J connectivity index is 2.29. The Kier molecular flexibility index (Phi) is 4.06. The summed E-state index contributed by atoms with van der Waals surface area (Å²) < 4.78 is 0. The molecular weight excluding hydrogens is 220 g/mol. The zero-order chi connectivity index (χ0) is 13.2. The average Bonchev–Trinajstić information content (AvgIpc) is 2.79. The van der Waals surface area contributed by atoms with Crippen molar-refractivity contribution in [2.24, 2.45) is 5.41 Å². The third-order valence-electron chi connectivity index (χ3n) is 4.58. The minimum atomic E-state index is 0.319. The normalized spacial score (nSPS) is 20.8. The van der Waals surface area contributed by atoms with Gasteiger partial charge in [-0.25, -0.2) is 0 Å². The Morgan fingerprint density at radius 2 is 2.22 bits per heavy atom. The fourth-order valence-corrected chi connectivity index (χ4v) is 3.17. The summed E-state index contributed by atoms with van der Waals surface area (Å²) in [6, 6.07) is 4.84. The summed E-state index contributed by atoms with van der Waals surface area (Å²) >= 11 is 0. The highest BCUT2D eigenvalue weighted by Gasteiger charge is 2.38. The van der Waals surface area contributed by atoms with Crippen molar-refractivity contribution in [2.45, 2.75) is 58.9 Å². The van der Waals surface area contributed by atoms with Crippen molar-refractivity contribution in [2.75, 3.05) is 6.54 Å². The lowest BCUT2D eigenvalue weighted by Crippen LogP contribution is -2.45. The third-order valence-corrected chi connectivity index (χ3v) is 4.58. The van der Waals surface area contributed by atoms with Crippen molar-refractivity contribution < 1.29 is 0 Å². The molecule has 0 saturated heterocycles. The zero-order valence-electron chi connectivity index (χ0n) is 12.2. The summed E-state index contributed by atoms with van der Waals surface area (Å²) in [5.74, 6) is 0.580. The lowest BCUT2D eigenvalue weighted by atomic mass is 9.74. The van der Waals surface area contributed by atoms with E-state index in [0.29, 0.717) is 17.4 Å². The molecule has 2 rings (SSSR count). The first-order valence-corrected chi connectivity index (χ1v) is 7.27. The van der Waals surface area contributed by atoms with Crippen LogP contribution >= 0.6 is 0 Å². The summed E-state index contributed by atoms with van der Waals surface area (Å²) in [6.45, 7) is 10.3. The van der Waals surface area contributed by atoms with Crippen LogP contribution in [0.2, 0.25) is 0 Å². The van der Waals surface area contributed by atoms with Crippen molar-refractivity contribution in [1.29, 1.82) is 0 Å². The molecule has 0 spiro atoms. The van der Waals surface area contributed by atoms with E-state index in [0.717, 1.165) is 6.54 Å². The van der Waals surface area contributed by atoms with Crippen LogP contribution in [0.15, 0.2) is 18.3 Å². The number of hydrogen-bond acceptors (Lipinski definition) is 2. The van der Waals surface area contributed by atoms with Gasteiger partial charge in [-0.15, -0.1) is 0 Å². The van der Waals surface area contributed by atoms with Gasteiger partial charge in [0, 0.05) is 23.9 Å². The number of pyridine rings is 1. The fourth-order valence-electron chi connectivity index (χ4n) is 3.17. The van der Waals surface area contributed by atoms with Gasteiger partial charge in [0.15, 0.2) is 0 Å². The number of nitrogens with zero attached hydrogens (tertiary/aromatic N) is 1. The van der Waals surface area contributed by atoms with Crippen LogP contribution in [-0.4, -0.2) is 17.6 Å². The highest BCUT2D eigenvalue weighted by Crippen LogP contribution is 2.41. The molecule has 18 heavy (non-hydrogen) atoms. The van der Waals surface area contributed by atoms with Crippen LogP contribution in [0.25, 0.3) is 0 Å². The van der Waals surface area contributed by atoms with Crippen LogP contribution in [0, 0.1) is 5.41 Å². The first-order valence-electron chi connectivity index (χ1n) is 7.27. The smallest absolute Gasteiger partial charge is 0.0482 e. The van der Waals surface area contributed by atoms with E-state index in [2.05, 4.69) is 50.1 Å². The van der Waals surface area contributed by atoms with Crippen LogP contribution in [0.5, 0.6) is 0 Å². The average molecular weight is 246 g/mol. The maximum Gasteiger partial charge on any atom is 0.0482 e. The largest absolute Gasteiger partial charge is 0.313 e. The second-order valence-corrected chi connectivity index (χ2v) is 6.07. The molecule has 0 saturated carbocycles. The molecule has 1 aliphatic rings. The lowest BCUT2D eigenvalue weighted by Gasteiger charge is -2.38. The van der Waals surface area contributed by atoms with Crippen LogP contribution in [-0.2, 0) is 6.42 Å². The van der Waals surface area contributed by atoms with E-state index >= 15 is 0 Å². The van der Waals surface area contributed by atoms with E-state index in [1.165, 1.54) is 30.5 Å². The Morgan fingerprint density at radius 3 is 2.89 bits per heavy atom. The molecule has 1 aliphatic carbocycles. The second kappa shape index (κ2) is 5.40. The molecule has 0 aliphatic heterocycles. The van der Waals surface area contributed by atoms with Crippen LogP contribution < -0.4 is 5.32 Å². The summed E-state index contributed by atoms with van der Waals surface area (Å²) in [5.41, 5.74) is 3.11. The van der Waals surface area contributed by atoms with Crippen molar-refractivity contribution in [1.82, 2.24) is 10.3 Å². The van der Waals surface area contributed by atoms with Gasteiger partial charge in [-0.3, -0.25) is 4.98 Å². The Labute approximate surface area is 111 Å². The van der Waals surface area contributed by atoms with Gasteiger partial charge in [0.25, 0.3) is 0 Å². The molecule has 2 nitrogen and oxygen atoms in total. The SMILES string of the molecule is CCNC(C1CCc2cccnc21)C(C)(C)CC. The van der Waals surface area contributed by atoms with Gasteiger partial charge in [0.2, 0.25) is 0 Å². The summed E-state index contributed by atoms with van der Waals surface area (Å²) in [5, 5.41) is 3.72. The van der Waals surface area contributed by atoms with Crippen molar-refractivity contribution in [3.63, 3.8) is 0 Å². The quantitative estimate of drug-likeness (QED) is 0.859. The Hall–Kier alpha value is -0.890. The van der Waals surface area contributed by atoms with Crippen molar-refractivity contribution >= 4 is 0 Å². The molecule has 1 heterocycles. The van der Waals surface area contributed by atoms with Crippen LogP contribution in [0.1, 0.15) is 57.7 Å². The van der Waals surface area contributed by atoms with Crippen molar-refractivity contribution in [3.05, 3.63) is 29.6 Å². The molecule has 0 aromatic carbocycles. The molecule has 100 valence electrons. The number of aromatic nitrogens is 1. The minimum absolute atomic E-state index is 0.319. The minimum Gasteiger partial charge on any atom is -0.313 e. The maximum absolute atomic E-state index is 4.65. The van der Waals surface area contributed by atoms with Gasteiger partial charge in [-0.2, -0.15) is 0 Å². The Bertz CT molecular complexity index is 398. The molecule has 1 aromatic heterocycles. The zero-order valence-corrected chi connectivity index (χ0v) is 12.2. The van der Waals surface area contributed by atoms with Crippen molar-refractivity contribution in [3.8, 4) is 0 Å². The number of rotatable bonds is 5. The van der Waals surface area contributed by atoms with Gasteiger partial charge in [-0.1, -0.05) is 33.8 Å². The van der Waals surface area contributed by atoms with Crippen LogP contribution in [0.4, 0.5) is 0 Å². The highest BCUT2D eigenvalue weighted by molar-refractivity contribution is 5.30. The molecule has 0 radical (unpaired) electrons. The predicted octanol–water partition coefficient (Wildman–Crippen LogP) is 3.53. The highest BCUT2D eigenvalue weighted by atomic mass is 14.9. The van der Waals surface area contributed by atoms with E-state index in [1.54, 1.807) is 0 Å². The topological polar surface area (TPSA) is 24.9 Å². The van der Waals surface area contributed by atoms with Gasteiger partial charge >= 0.3 is 0 Å². The molecule has 2 heteroatoms. The van der Waals surface area contributed by atoms with Gasteiger partial charge < -0.3 is 5.32 Å². The number of likely N-dealkylation sites (N-methyl/N-ethyl adjacent to an activating group) is 1. The predicted molar refractivity (Wildman–Crippen MR) is 76.8 cm³/mol. The van der Waals surface area contributed by atoms with E-state index < -0.39 is 0 Å². The molecule has 1 N–H and O–H groups in total. The fraction of sp³-hybridized carbons (Fsp3) is 0.688. The number of nitrogens with one attached hydrogen (secondary N) is 1. The molecule has 2 atom stereocenters. The molecule has 0 fully saturated rings. The van der Waals surface area contributed by atoms with Gasteiger partial charge in [0.05, 0.1) is 0 Å². The monoisotopic (exact) mass is 246 g/mol. The lowest BCUT2D eigenvalue weighted by molar-refractivity contribution is 0.200. The first kappa shape index (κ1) is 13.5. The molecule has 2 unspecified atom stereocenters. The number of aryl methyl sites for hydroxylation is 1. The molecule has 0 amide bonds. The second-order valence-electron chi connectivity index (χ2n) is 6.07. The van der Waals surface area contributed by atoms with E-state index in [9.17, 15) is 0 Å². The summed E-state index contributed by atoms with van der Waals surface area (Å²) in [7, 11) is 0. The van der Waals surface area contributed by atoms with E-state index in [4.69, 9.17) is 0 Å². The number of hydrogen-bond donors (Lipinski definition) is 1. The van der Waals surface area contributed by atoms with Gasteiger partial charge in [0.1, 0.15) is 0 Å². The third kappa shape index (κ3) is 2.44. The van der Waals surface area contributed by atoms with Gasteiger partial charge in [-0.05, 0) is 42.9 Å². The molecule has 0 bridgehead atoms. The van der Waals surface area contributed by atoms with Crippen LogP contribution in [0.3, 0.4) is 0 Å². The standard InChI is InChI=1S/C16H26N2/c1-5-16(3,4)15(17-6-2)13-10-9-12-8-7-11-18-14(12)13/h7-8,11,13,15,17H,5-6,9-10H2,1-4H3. The summed E-state index contributed by atoms with van der Waals surface area (Å²) in [4.78, 5) is 4.65. The van der Waals surface area contributed by atoms with E-state index in [1.807, 2.05) is 6.20 Å². The molecular formula is C16H26N2. The van der Waals surface area contributed by atoms with E-state index in [-0.39, 0.29) is 0 Å². The number of fused-ring (bicyclic) bond motifs is 1. The Morgan fingerprint density at radius 1 is 1.44 bits per heavy atom. The molecule has 1 aromatic rings. The maximum atomic E-state index is 4.65. The summed E-state index contributed by atoms with van der Waals surface area (Å²) in [6.07, 6.45) is 5.57.